The van der Waals surface area contributed by atoms with Crippen LogP contribution in [-0.2, 0) is 9.53 Å². The van der Waals surface area contributed by atoms with E-state index in [1.807, 2.05) is 39.0 Å². The normalized spacial score (nSPS) is 14.2. The van der Waals surface area contributed by atoms with Gasteiger partial charge in [0, 0.05) is 0 Å². The number of aliphatic hydroxyl groups excluding tert-OH is 1. The molecule has 0 radical (unpaired) electrons. The first-order valence-corrected chi connectivity index (χ1v) is 5.84. The highest BCUT2D eigenvalue weighted by atomic mass is 16.5. The molecule has 3 nitrogen and oxygen atoms in total. The van der Waals surface area contributed by atoms with E-state index in [1.165, 1.54) is 12.7 Å². The van der Waals surface area contributed by atoms with E-state index < -0.39 is 12.0 Å². The molecule has 0 amide bonds. The molecule has 0 aromatic heterocycles. The van der Waals surface area contributed by atoms with Crippen LogP contribution >= 0.6 is 0 Å². The molecule has 1 N–H and O–H groups in total. The summed E-state index contributed by atoms with van der Waals surface area (Å²) in [7, 11) is 1.35. The van der Waals surface area contributed by atoms with Gasteiger partial charge in [-0.1, -0.05) is 25.1 Å². The molecule has 3 heteroatoms. The van der Waals surface area contributed by atoms with Crippen LogP contribution in [0.4, 0.5) is 0 Å². The van der Waals surface area contributed by atoms with E-state index in [0.29, 0.717) is 6.42 Å². The molecule has 1 aromatic rings. The van der Waals surface area contributed by atoms with Gasteiger partial charge in [0.05, 0.1) is 19.1 Å². The Kier molecular flexibility index (Phi) is 4.70. The van der Waals surface area contributed by atoms with Gasteiger partial charge in [0.25, 0.3) is 0 Å². The Balaban J connectivity index is 2.97. The second-order valence-corrected chi connectivity index (χ2v) is 4.33. The first-order chi connectivity index (χ1) is 8.01. The minimum absolute atomic E-state index is 0.363. The third kappa shape index (κ3) is 3.07. The van der Waals surface area contributed by atoms with Gasteiger partial charge in [0.1, 0.15) is 0 Å². The maximum absolute atomic E-state index is 11.5. The molecule has 0 heterocycles. The molecule has 0 spiro atoms. The first-order valence-electron chi connectivity index (χ1n) is 5.84. The van der Waals surface area contributed by atoms with E-state index in [0.717, 1.165) is 11.1 Å². The number of benzene rings is 1. The van der Waals surface area contributed by atoms with E-state index in [9.17, 15) is 9.90 Å². The highest BCUT2D eigenvalue weighted by Gasteiger charge is 2.27. The Morgan fingerprint density at radius 2 is 2.00 bits per heavy atom. The molecule has 0 aliphatic heterocycles. The minimum atomic E-state index is -0.799. The van der Waals surface area contributed by atoms with Gasteiger partial charge < -0.3 is 9.84 Å². The Bertz CT molecular complexity index is 398. The molecule has 0 aliphatic carbocycles. The van der Waals surface area contributed by atoms with Gasteiger partial charge in [0.15, 0.2) is 0 Å². The Morgan fingerprint density at radius 3 is 2.47 bits per heavy atom. The molecule has 94 valence electrons. The van der Waals surface area contributed by atoms with Gasteiger partial charge in [-0.2, -0.15) is 0 Å². The fourth-order valence-corrected chi connectivity index (χ4v) is 1.85. The van der Waals surface area contributed by atoms with Crippen LogP contribution in [0.25, 0.3) is 0 Å². The summed E-state index contributed by atoms with van der Waals surface area (Å²) >= 11 is 0. The van der Waals surface area contributed by atoms with Crippen molar-refractivity contribution in [2.75, 3.05) is 7.11 Å². The van der Waals surface area contributed by atoms with Crippen molar-refractivity contribution in [2.24, 2.45) is 5.92 Å². The molecule has 1 rings (SSSR count). The predicted molar refractivity (Wildman–Crippen MR) is 66.7 cm³/mol. The summed E-state index contributed by atoms with van der Waals surface area (Å²) in [5, 5.41) is 10.2. The summed E-state index contributed by atoms with van der Waals surface area (Å²) in [6.07, 6.45) is -0.243. The molecular formula is C14H20O3. The minimum Gasteiger partial charge on any atom is -0.469 e. The largest absolute Gasteiger partial charge is 0.469 e. The molecular weight excluding hydrogens is 216 g/mol. The molecule has 0 saturated carbocycles. The number of ether oxygens (including phenoxy) is 1. The van der Waals surface area contributed by atoms with Crippen molar-refractivity contribution in [3.05, 3.63) is 34.9 Å². The summed E-state index contributed by atoms with van der Waals surface area (Å²) in [5.41, 5.74) is 3.05. The van der Waals surface area contributed by atoms with Crippen molar-refractivity contribution in [2.45, 2.75) is 33.3 Å². The lowest BCUT2D eigenvalue weighted by Gasteiger charge is -2.20. The van der Waals surface area contributed by atoms with Crippen molar-refractivity contribution in [3.63, 3.8) is 0 Å². The van der Waals surface area contributed by atoms with Gasteiger partial charge in [0.2, 0.25) is 0 Å². The molecule has 0 aliphatic rings. The maximum atomic E-state index is 11.5. The fourth-order valence-electron chi connectivity index (χ4n) is 1.85. The maximum Gasteiger partial charge on any atom is 0.311 e. The summed E-state index contributed by atoms with van der Waals surface area (Å²) in [5.74, 6) is -0.861. The van der Waals surface area contributed by atoms with E-state index in [1.54, 1.807) is 0 Å². The van der Waals surface area contributed by atoms with Crippen molar-refractivity contribution in [3.8, 4) is 0 Å². The number of rotatable bonds is 4. The summed E-state index contributed by atoms with van der Waals surface area (Å²) in [4.78, 5) is 11.5. The lowest BCUT2D eigenvalue weighted by molar-refractivity contribution is -0.149. The second kappa shape index (κ2) is 5.82. The number of hydrogen-bond acceptors (Lipinski definition) is 3. The highest BCUT2D eigenvalue weighted by Crippen LogP contribution is 2.27. The standard InChI is InChI=1S/C14H20O3/c1-5-12(14(16)17-4)13(15)11-7-6-9(2)10(3)8-11/h6-8,12-13,15H,5H2,1-4H3. The van der Waals surface area contributed by atoms with E-state index in [-0.39, 0.29) is 5.97 Å². The molecule has 0 bridgehead atoms. The van der Waals surface area contributed by atoms with Gasteiger partial charge in [-0.15, -0.1) is 0 Å². The van der Waals surface area contributed by atoms with E-state index >= 15 is 0 Å². The van der Waals surface area contributed by atoms with Gasteiger partial charge >= 0.3 is 5.97 Å². The van der Waals surface area contributed by atoms with Gasteiger partial charge in [-0.3, -0.25) is 4.79 Å². The van der Waals surface area contributed by atoms with Crippen molar-refractivity contribution in [1.29, 1.82) is 0 Å². The van der Waals surface area contributed by atoms with Crippen LogP contribution in [-0.4, -0.2) is 18.2 Å². The molecule has 0 saturated heterocycles. The number of methoxy groups -OCH3 is 1. The summed E-state index contributed by atoms with van der Waals surface area (Å²) in [6, 6.07) is 5.74. The first kappa shape index (κ1) is 13.7. The zero-order chi connectivity index (χ0) is 13.0. The van der Waals surface area contributed by atoms with Gasteiger partial charge in [-0.25, -0.2) is 0 Å². The monoisotopic (exact) mass is 236 g/mol. The smallest absolute Gasteiger partial charge is 0.311 e. The Hall–Kier alpha value is -1.35. The van der Waals surface area contributed by atoms with Crippen molar-refractivity contribution < 1.29 is 14.6 Å². The summed E-state index contributed by atoms with van der Waals surface area (Å²) in [6.45, 7) is 5.87. The number of esters is 1. The number of carbonyl (C=O) groups is 1. The average molecular weight is 236 g/mol. The third-order valence-electron chi connectivity index (χ3n) is 3.20. The number of aliphatic hydroxyl groups is 1. The molecule has 1 aromatic carbocycles. The second-order valence-electron chi connectivity index (χ2n) is 4.33. The van der Waals surface area contributed by atoms with Crippen molar-refractivity contribution >= 4 is 5.97 Å². The Morgan fingerprint density at radius 1 is 1.35 bits per heavy atom. The van der Waals surface area contributed by atoms with E-state index in [2.05, 4.69) is 0 Å². The fraction of sp³-hybridized carbons (Fsp3) is 0.500. The van der Waals surface area contributed by atoms with Crippen LogP contribution in [0.1, 0.15) is 36.1 Å². The van der Waals surface area contributed by atoms with E-state index in [4.69, 9.17) is 4.74 Å². The quantitative estimate of drug-likeness (QED) is 0.817. The zero-order valence-electron chi connectivity index (χ0n) is 10.9. The molecule has 17 heavy (non-hydrogen) atoms. The van der Waals surface area contributed by atoms with Crippen LogP contribution < -0.4 is 0 Å². The van der Waals surface area contributed by atoms with Crippen LogP contribution in [0.5, 0.6) is 0 Å². The SMILES string of the molecule is CCC(C(=O)OC)C(O)c1ccc(C)c(C)c1. The zero-order valence-corrected chi connectivity index (χ0v) is 10.9. The average Bonchev–Trinajstić information content (AvgIpc) is 2.33. The van der Waals surface area contributed by atoms with Crippen LogP contribution in [0.2, 0.25) is 0 Å². The highest BCUT2D eigenvalue weighted by molar-refractivity contribution is 5.73. The number of carbonyl (C=O) groups excluding carboxylic acids is 1. The lowest BCUT2D eigenvalue weighted by Crippen LogP contribution is -2.23. The van der Waals surface area contributed by atoms with Crippen molar-refractivity contribution in [1.82, 2.24) is 0 Å². The topological polar surface area (TPSA) is 46.5 Å². The van der Waals surface area contributed by atoms with Crippen LogP contribution in [0.3, 0.4) is 0 Å². The number of aryl methyl sites for hydroxylation is 2. The Labute approximate surface area is 102 Å². The number of hydrogen-bond donors (Lipinski definition) is 1. The molecule has 2 atom stereocenters. The van der Waals surface area contributed by atoms with Gasteiger partial charge in [-0.05, 0) is 37.0 Å². The predicted octanol–water partition coefficient (Wildman–Crippen LogP) is 2.54. The summed E-state index contributed by atoms with van der Waals surface area (Å²) < 4.78 is 4.70. The third-order valence-corrected chi connectivity index (χ3v) is 3.20. The van der Waals surface area contributed by atoms with Crippen LogP contribution in [0.15, 0.2) is 18.2 Å². The molecule has 2 unspecified atom stereocenters. The lowest BCUT2D eigenvalue weighted by atomic mass is 9.92. The molecule has 0 fully saturated rings. The van der Waals surface area contributed by atoms with Crippen LogP contribution in [0, 0.1) is 19.8 Å².